The normalized spacial score (nSPS) is 4.33. The summed E-state index contributed by atoms with van der Waals surface area (Å²) in [5.74, 6) is 0. The molecule has 0 rings (SSSR count). The number of hydrogen-bond acceptors (Lipinski definition) is 2. The Balaban J connectivity index is -0.00000000750. The molecule has 0 saturated heterocycles. The first kappa shape index (κ1) is 15.8. The minimum absolute atomic E-state index is 0. The first-order valence-electron chi connectivity index (χ1n) is 0.801. The van der Waals surface area contributed by atoms with Crippen molar-refractivity contribution in [1.29, 1.82) is 0 Å². The van der Waals surface area contributed by atoms with E-state index in [2.05, 4.69) is 31.8 Å². The van der Waals surface area contributed by atoms with Gasteiger partial charge < -0.3 is 2.85 Å². The van der Waals surface area contributed by atoms with E-state index < -0.39 is 0 Å². The zero-order chi connectivity index (χ0) is 3.58. The summed E-state index contributed by atoms with van der Waals surface area (Å²) in [5, 5.41) is 0. The van der Waals surface area contributed by atoms with Crippen molar-refractivity contribution in [2.24, 2.45) is 0 Å². The minimum Gasteiger partial charge on any atom is -1.00 e. The van der Waals surface area contributed by atoms with Crippen LogP contribution in [0.3, 0.4) is 0 Å². The van der Waals surface area contributed by atoms with Crippen molar-refractivity contribution in [1.82, 2.24) is 0 Å². The summed E-state index contributed by atoms with van der Waals surface area (Å²) >= 11 is 7.27. The Hall–Kier alpha value is 2.44. The third-order valence-electron chi connectivity index (χ3n) is 0. The van der Waals surface area contributed by atoms with E-state index in [1.54, 1.807) is 0 Å². The van der Waals surface area contributed by atoms with Crippen molar-refractivity contribution >= 4 is 25.3 Å². The third-order valence-corrected chi connectivity index (χ3v) is 0. The summed E-state index contributed by atoms with van der Waals surface area (Å²) in [6.45, 7) is 3.28. The van der Waals surface area contributed by atoms with Gasteiger partial charge in [-0.3, -0.25) is 0 Å². The van der Waals surface area contributed by atoms with Crippen LogP contribution in [0.4, 0.5) is 0 Å². The van der Waals surface area contributed by atoms with Crippen molar-refractivity contribution in [2.75, 3.05) is 0 Å². The maximum Gasteiger partial charge on any atom is 1.00 e. The summed E-state index contributed by atoms with van der Waals surface area (Å²) < 4.78 is 0.556. The molecule has 0 nitrogen and oxygen atoms in total. The van der Waals surface area contributed by atoms with E-state index in [1.807, 2.05) is 0 Å². The van der Waals surface area contributed by atoms with Crippen LogP contribution in [0.1, 0.15) is 2.85 Å². The zero-order valence-corrected chi connectivity index (χ0v) is 9.89. The van der Waals surface area contributed by atoms with Crippen molar-refractivity contribution in [2.45, 2.75) is 0 Å². The van der Waals surface area contributed by atoms with Crippen molar-refractivity contribution in [3.05, 3.63) is 10.8 Å². The van der Waals surface area contributed by atoms with E-state index in [0.29, 0.717) is 4.24 Å². The van der Waals surface area contributed by atoms with Crippen LogP contribution in [0, 0.1) is 0 Å². The van der Waals surface area contributed by atoms with E-state index in [4.69, 9.17) is 0 Å². The summed E-state index contributed by atoms with van der Waals surface area (Å²) in [6.07, 6.45) is 0. The molecule has 0 aliphatic carbocycles. The van der Waals surface area contributed by atoms with Crippen LogP contribution >= 0.6 is 25.3 Å². The van der Waals surface area contributed by atoms with E-state index >= 15 is 0 Å². The van der Waals surface area contributed by atoms with E-state index in [0.717, 1.165) is 0 Å². The molecule has 0 unspecified atom stereocenters. The first-order chi connectivity index (χ1) is 1.73. The van der Waals surface area contributed by atoms with Gasteiger partial charge in [0.25, 0.3) is 0 Å². The van der Waals surface area contributed by atoms with Crippen LogP contribution in [0.2, 0.25) is 0 Å². The Morgan fingerprint density at radius 3 is 1.33 bits per heavy atom. The number of thiol groups is 2. The molecule has 0 amide bonds. The van der Waals surface area contributed by atoms with Crippen LogP contribution in [0.25, 0.3) is 0 Å². The molecular formula is C2H6Na2S2. The predicted molar refractivity (Wildman–Crippen MR) is 29.3 cm³/mol. The summed E-state index contributed by atoms with van der Waals surface area (Å²) in [4.78, 5) is 0. The van der Waals surface area contributed by atoms with Gasteiger partial charge in [-0.1, -0.05) is 6.58 Å². The molecule has 6 heavy (non-hydrogen) atoms. The zero-order valence-electron chi connectivity index (χ0n) is 6.10. The second kappa shape index (κ2) is 10.4. The van der Waals surface area contributed by atoms with Gasteiger partial charge in [0.2, 0.25) is 0 Å². The molecule has 0 aromatic rings. The van der Waals surface area contributed by atoms with Gasteiger partial charge in [0.1, 0.15) is 0 Å². The maximum atomic E-state index is 3.64. The standard InChI is InChI=1S/C2H4S2.2Na.2H/c1-2(3)4;;;;/h3-4H,1H2;;;;/q;2*+1;2*-1. The fourth-order valence-corrected chi connectivity index (χ4v) is 0. The van der Waals surface area contributed by atoms with Crippen molar-refractivity contribution in [3.8, 4) is 0 Å². The second-order valence-electron chi connectivity index (χ2n) is 0.416. The average molecular weight is 140 g/mol. The molecule has 0 saturated carbocycles. The molecule has 28 valence electrons. The molecule has 0 aliphatic rings. The Bertz CT molecular complexity index is 39.0. The van der Waals surface area contributed by atoms with Gasteiger partial charge in [0.05, 0.1) is 0 Å². The van der Waals surface area contributed by atoms with Gasteiger partial charge in [-0.05, 0) is 0 Å². The van der Waals surface area contributed by atoms with Crippen LogP contribution in [-0.4, -0.2) is 0 Å². The third kappa shape index (κ3) is 32.0. The molecule has 0 aliphatic heterocycles. The van der Waals surface area contributed by atoms with Crippen molar-refractivity contribution < 1.29 is 62.0 Å². The maximum absolute atomic E-state index is 3.64. The smallest absolute Gasteiger partial charge is 1.00 e. The summed E-state index contributed by atoms with van der Waals surface area (Å²) in [7, 11) is 0. The number of rotatable bonds is 0. The van der Waals surface area contributed by atoms with Crippen LogP contribution in [0.5, 0.6) is 0 Å². The van der Waals surface area contributed by atoms with Gasteiger partial charge in [-0.15, -0.1) is 25.3 Å². The Kier molecular flexibility index (Phi) is 27.4. The molecule has 0 heterocycles. The van der Waals surface area contributed by atoms with Crippen LogP contribution < -0.4 is 59.1 Å². The quantitative estimate of drug-likeness (QED) is 0.246. The molecule has 0 fully saturated rings. The summed E-state index contributed by atoms with van der Waals surface area (Å²) in [6, 6.07) is 0. The van der Waals surface area contributed by atoms with Gasteiger partial charge >= 0.3 is 59.1 Å². The van der Waals surface area contributed by atoms with E-state index in [-0.39, 0.29) is 62.0 Å². The molecule has 4 heteroatoms. The Morgan fingerprint density at radius 1 is 1.33 bits per heavy atom. The molecule has 0 spiro atoms. The Labute approximate surface area is 96.5 Å². The van der Waals surface area contributed by atoms with Gasteiger partial charge in [-0.2, -0.15) is 0 Å². The second-order valence-corrected chi connectivity index (χ2v) is 1.85. The summed E-state index contributed by atoms with van der Waals surface area (Å²) in [5.41, 5.74) is 0. The molecule has 0 N–H and O–H groups in total. The van der Waals surface area contributed by atoms with Crippen LogP contribution in [-0.2, 0) is 0 Å². The topological polar surface area (TPSA) is 0 Å². The van der Waals surface area contributed by atoms with Crippen molar-refractivity contribution in [3.63, 3.8) is 0 Å². The molecule has 0 atom stereocenters. The Morgan fingerprint density at radius 2 is 1.33 bits per heavy atom. The molecule has 0 radical (unpaired) electrons. The number of hydrogen-bond donors (Lipinski definition) is 2. The fraction of sp³-hybridized carbons (Fsp3) is 0. The average Bonchev–Trinajstić information content (AvgIpc) is 0.811. The predicted octanol–water partition coefficient (Wildman–Crippen LogP) is -4.45. The van der Waals surface area contributed by atoms with Gasteiger partial charge in [-0.25, -0.2) is 0 Å². The minimum atomic E-state index is 0. The largest absolute Gasteiger partial charge is 1.00 e. The van der Waals surface area contributed by atoms with Gasteiger partial charge in [0.15, 0.2) is 0 Å². The van der Waals surface area contributed by atoms with Gasteiger partial charge in [0, 0.05) is 4.24 Å². The monoisotopic (exact) mass is 140 g/mol. The van der Waals surface area contributed by atoms with Crippen LogP contribution in [0.15, 0.2) is 10.8 Å². The molecular weight excluding hydrogens is 134 g/mol. The SMILES string of the molecule is C=C(S)S.[H-].[H-].[Na+].[Na+]. The molecule has 0 bridgehead atoms. The van der Waals surface area contributed by atoms with E-state index in [9.17, 15) is 0 Å². The molecule has 0 aromatic carbocycles. The first-order valence-corrected chi connectivity index (χ1v) is 1.70. The molecule has 0 aromatic heterocycles. The fourth-order valence-electron chi connectivity index (χ4n) is 0. The van der Waals surface area contributed by atoms with E-state index in [1.165, 1.54) is 0 Å².